The normalized spacial score (nSPS) is 12.5. The summed E-state index contributed by atoms with van der Waals surface area (Å²) in [4.78, 5) is 31.6. The van der Waals surface area contributed by atoms with E-state index < -0.39 is 24.3 Å². The molecule has 0 spiro atoms. The van der Waals surface area contributed by atoms with Gasteiger partial charge in [0.1, 0.15) is 11.2 Å². The molecule has 0 radical (unpaired) electrons. The van der Waals surface area contributed by atoms with Gasteiger partial charge in [0, 0.05) is 30.3 Å². The maximum atomic E-state index is 14.4. The fourth-order valence-corrected chi connectivity index (χ4v) is 4.33. The first-order valence-electron chi connectivity index (χ1n) is 12.2. The Balaban J connectivity index is 2.03. The summed E-state index contributed by atoms with van der Waals surface area (Å²) >= 11 is 0. The smallest absolute Gasteiger partial charge is 0.396 e. The number of carbonyl (C=O) groups is 1. The van der Waals surface area contributed by atoms with Crippen LogP contribution in [-0.2, 0) is 13.1 Å². The van der Waals surface area contributed by atoms with E-state index in [1.807, 2.05) is 6.92 Å². The van der Waals surface area contributed by atoms with Gasteiger partial charge in [0.2, 0.25) is 0 Å². The lowest BCUT2D eigenvalue weighted by Gasteiger charge is -2.28. The second-order valence-corrected chi connectivity index (χ2v) is 9.37. The first-order chi connectivity index (χ1) is 18.1. The van der Waals surface area contributed by atoms with Crippen LogP contribution in [-0.4, -0.2) is 38.4 Å². The first-order valence-corrected chi connectivity index (χ1v) is 12.2. The number of pyridine rings is 2. The maximum Gasteiger partial charge on any atom is 0.487 e. The van der Waals surface area contributed by atoms with Crippen molar-refractivity contribution in [3.05, 3.63) is 100 Å². The number of alkyl halides is 3. The van der Waals surface area contributed by atoms with Gasteiger partial charge in [0.05, 0.1) is 6.54 Å². The first kappa shape index (κ1) is 27.1. The molecule has 0 aliphatic heterocycles. The minimum atomic E-state index is -5.01. The number of aryl methyl sites for hydroxylation is 1. The number of hydrogen-bond acceptors (Lipinski definition) is 4. The van der Waals surface area contributed by atoms with Gasteiger partial charge in [0.15, 0.2) is 0 Å². The lowest BCUT2D eigenvalue weighted by molar-refractivity contribution is -0.228. The molecule has 0 saturated carbocycles. The van der Waals surface area contributed by atoms with E-state index >= 15 is 0 Å². The lowest BCUT2D eigenvalue weighted by Crippen LogP contribution is -2.45. The summed E-state index contributed by atoms with van der Waals surface area (Å²) in [6.45, 7) is 2.67. The topological polar surface area (TPSA) is 75.4 Å². The summed E-state index contributed by atoms with van der Waals surface area (Å²) in [6.07, 6.45) is -3.31. The maximum absolute atomic E-state index is 14.4. The van der Waals surface area contributed by atoms with Crippen LogP contribution in [0.1, 0.15) is 35.0 Å². The van der Waals surface area contributed by atoms with E-state index in [0.717, 1.165) is 10.1 Å². The zero-order valence-electron chi connectivity index (χ0n) is 21.1. The van der Waals surface area contributed by atoms with Crippen molar-refractivity contribution < 1.29 is 23.1 Å². The number of aromatic nitrogens is 2. The molecule has 1 unspecified atom stereocenters. The Bertz CT molecular complexity index is 1480. The number of carbonyl (C=O) groups excluding carboxylic acids is 1. The minimum absolute atomic E-state index is 0.0536. The molecule has 1 amide bonds. The number of fused-ring (bicyclic) bond motifs is 1. The highest BCUT2D eigenvalue weighted by molar-refractivity contribution is 6.07. The molecule has 6 nitrogen and oxygen atoms in total. The third-order valence-electron chi connectivity index (χ3n) is 6.47. The second kappa shape index (κ2) is 11.2. The van der Waals surface area contributed by atoms with Crippen LogP contribution in [0.15, 0.2) is 77.7 Å². The summed E-state index contributed by atoms with van der Waals surface area (Å²) in [5, 5.41) is 9.82. The standard InChI is InChI=1S/C29H28F3N3O3/c1-19-10-12-22(13-11-19)24-23-9-6-15-33-25(23)27(37)34(16-14-20(2)18-36)26(24)28(38)35(29(30,31)32)17-21-7-4-3-5-8-21/h3-13,15,20,36H,14,16-18H2,1-2H3. The van der Waals surface area contributed by atoms with Gasteiger partial charge < -0.3 is 9.67 Å². The molecule has 0 fully saturated rings. The Kier molecular flexibility index (Phi) is 7.97. The van der Waals surface area contributed by atoms with E-state index in [1.165, 1.54) is 18.3 Å². The van der Waals surface area contributed by atoms with Crippen LogP contribution in [0.3, 0.4) is 0 Å². The third-order valence-corrected chi connectivity index (χ3v) is 6.47. The monoisotopic (exact) mass is 523 g/mol. The van der Waals surface area contributed by atoms with Crippen molar-refractivity contribution in [2.75, 3.05) is 6.61 Å². The fraction of sp³-hybridized carbons (Fsp3) is 0.276. The van der Waals surface area contributed by atoms with Gasteiger partial charge in [-0.3, -0.25) is 14.6 Å². The molecule has 2 heterocycles. The molecule has 38 heavy (non-hydrogen) atoms. The predicted molar refractivity (Wildman–Crippen MR) is 139 cm³/mol. The van der Waals surface area contributed by atoms with Crippen LogP contribution in [0.25, 0.3) is 22.0 Å². The van der Waals surface area contributed by atoms with Crippen molar-refractivity contribution in [3.8, 4) is 11.1 Å². The molecule has 198 valence electrons. The van der Waals surface area contributed by atoms with Crippen LogP contribution in [0.2, 0.25) is 0 Å². The van der Waals surface area contributed by atoms with Gasteiger partial charge in [-0.05, 0) is 36.5 Å². The number of aliphatic hydroxyl groups is 1. The zero-order chi connectivity index (χ0) is 27.4. The quantitative estimate of drug-likeness (QED) is 0.307. The van der Waals surface area contributed by atoms with Crippen molar-refractivity contribution in [2.24, 2.45) is 5.92 Å². The van der Waals surface area contributed by atoms with E-state index in [0.29, 0.717) is 11.1 Å². The fourth-order valence-electron chi connectivity index (χ4n) is 4.33. The molecule has 9 heteroatoms. The van der Waals surface area contributed by atoms with Crippen molar-refractivity contribution in [2.45, 2.75) is 39.7 Å². The number of rotatable bonds is 8. The average molecular weight is 524 g/mol. The summed E-state index contributed by atoms with van der Waals surface area (Å²) in [5.41, 5.74) is 0.942. The minimum Gasteiger partial charge on any atom is -0.396 e. The molecule has 2 aromatic heterocycles. The van der Waals surface area contributed by atoms with Gasteiger partial charge in [0.25, 0.3) is 11.5 Å². The van der Waals surface area contributed by atoms with Gasteiger partial charge in [-0.25, -0.2) is 4.90 Å². The van der Waals surface area contributed by atoms with Crippen molar-refractivity contribution in [3.63, 3.8) is 0 Å². The summed E-state index contributed by atoms with van der Waals surface area (Å²) in [5.74, 6) is -1.58. The van der Waals surface area contributed by atoms with Crippen molar-refractivity contribution >= 4 is 16.8 Å². The molecule has 2 aromatic carbocycles. The number of aliphatic hydroxyl groups excluding tert-OH is 1. The van der Waals surface area contributed by atoms with Crippen LogP contribution in [0.4, 0.5) is 13.2 Å². The van der Waals surface area contributed by atoms with Gasteiger partial charge >= 0.3 is 6.30 Å². The van der Waals surface area contributed by atoms with Gasteiger partial charge in [-0.1, -0.05) is 73.2 Å². The van der Waals surface area contributed by atoms with Crippen LogP contribution >= 0.6 is 0 Å². The van der Waals surface area contributed by atoms with Gasteiger partial charge in [-0.2, -0.15) is 0 Å². The Morgan fingerprint density at radius 1 is 1.05 bits per heavy atom. The lowest BCUT2D eigenvalue weighted by atomic mass is 9.96. The molecular formula is C29H28F3N3O3. The van der Waals surface area contributed by atoms with Crippen LogP contribution < -0.4 is 5.56 Å². The summed E-state index contributed by atoms with van der Waals surface area (Å²) in [7, 11) is 0. The Labute approximate surface area is 218 Å². The number of nitrogens with zero attached hydrogens (tertiary/aromatic N) is 3. The third kappa shape index (κ3) is 5.62. The Morgan fingerprint density at radius 2 is 1.74 bits per heavy atom. The molecule has 4 aromatic rings. The molecule has 1 atom stereocenters. The van der Waals surface area contributed by atoms with E-state index in [9.17, 15) is 27.9 Å². The van der Waals surface area contributed by atoms with E-state index in [1.54, 1.807) is 61.5 Å². The largest absolute Gasteiger partial charge is 0.487 e. The van der Waals surface area contributed by atoms with Crippen LogP contribution in [0.5, 0.6) is 0 Å². The van der Waals surface area contributed by atoms with E-state index in [2.05, 4.69) is 4.98 Å². The van der Waals surface area contributed by atoms with Crippen LogP contribution in [0, 0.1) is 12.8 Å². The molecule has 4 rings (SSSR count). The number of benzene rings is 2. The van der Waals surface area contributed by atoms with E-state index in [-0.39, 0.29) is 52.6 Å². The van der Waals surface area contributed by atoms with Gasteiger partial charge in [-0.15, -0.1) is 13.2 Å². The highest BCUT2D eigenvalue weighted by Crippen LogP contribution is 2.34. The second-order valence-electron chi connectivity index (χ2n) is 9.37. The average Bonchev–Trinajstić information content (AvgIpc) is 2.91. The highest BCUT2D eigenvalue weighted by atomic mass is 19.4. The zero-order valence-corrected chi connectivity index (χ0v) is 21.1. The highest BCUT2D eigenvalue weighted by Gasteiger charge is 2.43. The Morgan fingerprint density at radius 3 is 2.37 bits per heavy atom. The molecule has 0 saturated heterocycles. The molecule has 0 aliphatic carbocycles. The molecule has 0 aliphatic rings. The number of halogens is 3. The van der Waals surface area contributed by atoms with Crippen molar-refractivity contribution in [1.29, 1.82) is 0 Å². The molecular weight excluding hydrogens is 495 g/mol. The summed E-state index contributed by atoms with van der Waals surface area (Å²) < 4.78 is 44.3. The SMILES string of the molecule is Cc1ccc(-c2c(C(=O)N(Cc3ccccc3)C(F)(F)F)n(CCC(C)CO)c(=O)c3ncccc23)cc1. The molecule has 0 bridgehead atoms. The van der Waals surface area contributed by atoms with E-state index in [4.69, 9.17) is 0 Å². The summed E-state index contributed by atoms with van der Waals surface area (Å²) in [6, 6.07) is 18.1. The predicted octanol–water partition coefficient (Wildman–Crippen LogP) is 5.55. The Hall–Kier alpha value is -3.98. The number of hydrogen-bond donors (Lipinski definition) is 1. The molecule has 1 N–H and O–H groups in total. The number of amides is 1. The van der Waals surface area contributed by atoms with Crippen molar-refractivity contribution in [1.82, 2.24) is 14.5 Å².